The zero-order valence-electron chi connectivity index (χ0n) is 17.2. The molecule has 1 saturated heterocycles. The molecule has 30 heavy (non-hydrogen) atoms. The molecule has 4 rings (SSSR count). The quantitative estimate of drug-likeness (QED) is 0.614. The van der Waals surface area contributed by atoms with Gasteiger partial charge in [0.1, 0.15) is 6.04 Å². The van der Waals surface area contributed by atoms with Crippen molar-refractivity contribution in [1.29, 1.82) is 0 Å². The highest BCUT2D eigenvalue weighted by Crippen LogP contribution is 2.23. The van der Waals surface area contributed by atoms with Crippen molar-refractivity contribution in [1.82, 2.24) is 0 Å². The molecule has 3 N–H and O–H groups in total. The third-order valence-electron chi connectivity index (χ3n) is 5.41. The van der Waals surface area contributed by atoms with E-state index in [9.17, 15) is 4.79 Å². The van der Waals surface area contributed by atoms with Crippen LogP contribution in [0.2, 0.25) is 0 Å². The van der Waals surface area contributed by atoms with Gasteiger partial charge in [-0.05, 0) is 42.6 Å². The molecule has 6 heteroatoms. The molecule has 2 heterocycles. The van der Waals surface area contributed by atoms with Crippen LogP contribution in [0.5, 0.6) is 0 Å². The summed E-state index contributed by atoms with van der Waals surface area (Å²) in [4.78, 5) is 16.4. The molecule has 2 aromatic carbocycles. The van der Waals surface area contributed by atoms with Crippen molar-refractivity contribution in [3.63, 3.8) is 0 Å². The number of hydrogen-bond acceptors (Lipinski definition) is 4. The van der Waals surface area contributed by atoms with Crippen LogP contribution in [0.4, 0.5) is 11.4 Å². The lowest BCUT2D eigenvalue weighted by Crippen LogP contribution is -2.92. The van der Waals surface area contributed by atoms with Gasteiger partial charge in [0, 0.05) is 30.0 Å². The Morgan fingerprint density at radius 3 is 2.43 bits per heavy atom. The smallest absolute Gasteiger partial charge is 0.282 e. The molecule has 0 unspecified atom stereocenters. The minimum Gasteiger partial charge on any atom is -0.378 e. The topological polar surface area (TPSA) is 58.2 Å². The van der Waals surface area contributed by atoms with Gasteiger partial charge in [-0.15, -0.1) is 11.3 Å². The number of thiophene rings is 1. The minimum absolute atomic E-state index is 0.00612. The number of benzene rings is 2. The molecule has 0 bridgehead atoms. The van der Waals surface area contributed by atoms with E-state index in [2.05, 4.69) is 57.3 Å². The third-order valence-corrected chi connectivity index (χ3v) is 6.37. The number of rotatable bonds is 7. The average molecular weight is 423 g/mol. The summed E-state index contributed by atoms with van der Waals surface area (Å²) >= 11 is 1.72. The zero-order valence-corrected chi connectivity index (χ0v) is 18.0. The summed E-state index contributed by atoms with van der Waals surface area (Å²) in [5, 5.41) is 7.28. The second-order valence-electron chi connectivity index (χ2n) is 7.52. The number of hydrogen-bond donors (Lipinski definition) is 2. The van der Waals surface area contributed by atoms with Gasteiger partial charge in [-0.2, -0.15) is 0 Å². The van der Waals surface area contributed by atoms with E-state index in [0.717, 1.165) is 37.7 Å². The number of carbonyl (C=O) groups excluding carboxylic acids is 1. The van der Waals surface area contributed by atoms with Gasteiger partial charge in [0.25, 0.3) is 5.91 Å². The molecule has 156 valence electrons. The van der Waals surface area contributed by atoms with Gasteiger partial charge in [0.15, 0.2) is 6.04 Å². The number of quaternary nitrogens is 1. The third kappa shape index (κ3) is 5.08. The SMILES string of the molecule is C[C@H]([NH2+][C@H](c1ccccc1)c1cccs1)C(=O)Nc1ccc(N2CCOCC2)cc1. The largest absolute Gasteiger partial charge is 0.378 e. The first-order valence-electron chi connectivity index (χ1n) is 10.4. The molecule has 0 saturated carbocycles. The summed E-state index contributed by atoms with van der Waals surface area (Å²) in [6, 6.07) is 22.5. The van der Waals surface area contributed by atoms with Gasteiger partial charge in [-0.1, -0.05) is 36.4 Å². The standard InChI is InChI=1S/C24H27N3O2S/c1-18(25-23(22-8-5-17-30-22)19-6-3-2-4-7-19)24(28)26-20-9-11-21(12-10-20)27-13-15-29-16-14-27/h2-12,17-18,23,25H,13-16H2,1H3,(H,26,28)/p+1/t18-,23+/m0/s1. The molecule has 1 aromatic heterocycles. The first-order valence-corrected chi connectivity index (χ1v) is 11.3. The van der Waals surface area contributed by atoms with Crippen LogP contribution in [0.3, 0.4) is 0 Å². The van der Waals surface area contributed by atoms with Crippen molar-refractivity contribution in [2.75, 3.05) is 36.5 Å². The highest BCUT2D eigenvalue weighted by molar-refractivity contribution is 7.10. The Balaban J connectivity index is 1.40. The maximum Gasteiger partial charge on any atom is 0.282 e. The van der Waals surface area contributed by atoms with Crippen molar-refractivity contribution < 1.29 is 14.8 Å². The van der Waals surface area contributed by atoms with Gasteiger partial charge in [0.2, 0.25) is 0 Å². The van der Waals surface area contributed by atoms with Crippen LogP contribution in [-0.4, -0.2) is 38.3 Å². The molecule has 0 radical (unpaired) electrons. The number of nitrogens with zero attached hydrogens (tertiary/aromatic N) is 1. The fourth-order valence-electron chi connectivity index (χ4n) is 3.71. The lowest BCUT2D eigenvalue weighted by atomic mass is 10.0. The zero-order chi connectivity index (χ0) is 20.8. The van der Waals surface area contributed by atoms with E-state index in [1.165, 1.54) is 10.4 Å². The van der Waals surface area contributed by atoms with E-state index in [4.69, 9.17) is 4.74 Å². The maximum atomic E-state index is 12.9. The van der Waals surface area contributed by atoms with Crippen LogP contribution >= 0.6 is 11.3 Å². The van der Waals surface area contributed by atoms with Crippen LogP contribution in [0.25, 0.3) is 0 Å². The first-order chi connectivity index (χ1) is 14.7. The number of ether oxygens (including phenoxy) is 1. The Kier molecular flexibility index (Phi) is 6.79. The monoisotopic (exact) mass is 422 g/mol. The van der Waals surface area contributed by atoms with Crippen LogP contribution in [-0.2, 0) is 9.53 Å². The predicted octanol–water partition coefficient (Wildman–Crippen LogP) is 3.26. The van der Waals surface area contributed by atoms with Crippen LogP contribution in [0, 0.1) is 0 Å². The number of amides is 1. The van der Waals surface area contributed by atoms with Crippen LogP contribution < -0.4 is 15.5 Å². The lowest BCUT2D eigenvalue weighted by Gasteiger charge is -2.29. The fraction of sp³-hybridized carbons (Fsp3) is 0.292. The Labute approximate surface area is 181 Å². The fourth-order valence-corrected chi connectivity index (χ4v) is 4.54. The first kappa shape index (κ1) is 20.6. The molecule has 2 atom stereocenters. The number of anilines is 2. The van der Waals surface area contributed by atoms with Crippen molar-refractivity contribution in [3.05, 3.63) is 82.6 Å². The Morgan fingerprint density at radius 1 is 1.03 bits per heavy atom. The summed E-state index contributed by atoms with van der Waals surface area (Å²) in [7, 11) is 0. The molecule has 1 aliphatic rings. The molecule has 5 nitrogen and oxygen atoms in total. The van der Waals surface area contributed by atoms with E-state index < -0.39 is 0 Å². The molecule has 3 aromatic rings. The Bertz CT molecular complexity index is 923. The molecule has 0 aliphatic carbocycles. The minimum atomic E-state index is -0.226. The molecular weight excluding hydrogens is 394 g/mol. The molecule has 1 fully saturated rings. The number of morpholine rings is 1. The van der Waals surface area contributed by atoms with E-state index >= 15 is 0 Å². The second-order valence-corrected chi connectivity index (χ2v) is 8.50. The average Bonchev–Trinajstić information content (AvgIpc) is 3.33. The van der Waals surface area contributed by atoms with Gasteiger partial charge in [-0.3, -0.25) is 4.79 Å². The summed E-state index contributed by atoms with van der Waals surface area (Å²) in [5.41, 5.74) is 3.19. The van der Waals surface area contributed by atoms with Crippen molar-refractivity contribution in [3.8, 4) is 0 Å². The number of nitrogens with one attached hydrogen (secondary N) is 1. The predicted molar refractivity (Wildman–Crippen MR) is 122 cm³/mol. The summed E-state index contributed by atoms with van der Waals surface area (Å²) < 4.78 is 5.41. The van der Waals surface area contributed by atoms with Crippen LogP contribution in [0.15, 0.2) is 72.1 Å². The lowest BCUT2D eigenvalue weighted by molar-refractivity contribution is -0.703. The molecular formula is C24H28N3O2S+. The number of carbonyl (C=O) groups is 1. The van der Waals surface area contributed by atoms with Crippen molar-refractivity contribution in [2.45, 2.75) is 19.0 Å². The van der Waals surface area contributed by atoms with Gasteiger partial charge >= 0.3 is 0 Å². The Hall–Kier alpha value is -2.67. The molecule has 0 spiro atoms. The van der Waals surface area contributed by atoms with Crippen molar-refractivity contribution in [2.24, 2.45) is 0 Å². The summed E-state index contributed by atoms with van der Waals surface area (Å²) in [6.45, 7) is 5.29. The van der Waals surface area contributed by atoms with Gasteiger partial charge < -0.3 is 20.3 Å². The van der Waals surface area contributed by atoms with Crippen LogP contribution in [0.1, 0.15) is 23.4 Å². The molecule has 1 amide bonds. The normalized spacial score (nSPS) is 16.1. The van der Waals surface area contributed by atoms with Crippen molar-refractivity contribution >= 4 is 28.6 Å². The molecule has 1 aliphatic heterocycles. The maximum absolute atomic E-state index is 12.9. The Morgan fingerprint density at radius 2 is 1.77 bits per heavy atom. The highest BCUT2D eigenvalue weighted by Gasteiger charge is 2.25. The van der Waals surface area contributed by atoms with E-state index in [0.29, 0.717) is 0 Å². The van der Waals surface area contributed by atoms with E-state index in [1.807, 2.05) is 37.3 Å². The second kappa shape index (κ2) is 9.89. The highest BCUT2D eigenvalue weighted by atomic mass is 32.1. The van der Waals surface area contributed by atoms with Gasteiger partial charge in [0.05, 0.1) is 18.1 Å². The van der Waals surface area contributed by atoms with E-state index in [1.54, 1.807) is 11.3 Å². The summed E-state index contributed by atoms with van der Waals surface area (Å²) in [5.74, 6) is 0.00612. The summed E-state index contributed by atoms with van der Waals surface area (Å²) in [6.07, 6.45) is 0. The number of nitrogens with two attached hydrogens (primary N) is 1. The van der Waals surface area contributed by atoms with E-state index in [-0.39, 0.29) is 18.0 Å². The van der Waals surface area contributed by atoms with Gasteiger partial charge in [-0.25, -0.2) is 0 Å².